The van der Waals surface area contributed by atoms with Crippen LogP contribution in [0.5, 0.6) is 0 Å². The van der Waals surface area contributed by atoms with Gasteiger partial charge in [-0.2, -0.15) is 0 Å². The van der Waals surface area contributed by atoms with Gasteiger partial charge in [0.05, 0.1) is 48.6 Å². The predicted molar refractivity (Wildman–Crippen MR) is 96.7 cm³/mol. The topological polar surface area (TPSA) is 72.3 Å². The van der Waals surface area contributed by atoms with Crippen LogP contribution in [0.1, 0.15) is 5.69 Å². The number of nitrogens with zero attached hydrogens (tertiary/aromatic N) is 3. The van der Waals surface area contributed by atoms with Crippen LogP contribution in [-0.2, 0) is 4.74 Å². The number of aromatic nitrogens is 3. The van der Waals surface area contributed by atoms with Gasteiger partial charge in [0.2, 0.25) is 0 Å². The quantitative estimate of drug-likeness (QED) is 0.750. The van der Waals surface area contributed by atoms with E-state index in [1.54, 1.807) is 35.9 Å². The third-order valence-electron chi connectivity index (χ3n) is 4.43. The summed E-state index contributed by atoms with van der Waals surface area (Å²) < 4.78 is 8.35. The lowest BCUT2D eigenvalue weighted by Gasteiger charge is -2.31. The number of rotatable bonds is 2. The molecule has 1 saturated heterocycles. The summed E-state index contributed by atoms with van der Waals surface area (Å²) in [4.78, 5) is 25.5. The predicted octanol–water partition coefficient (Wildman–Crippen LogP) is 1.41. The molecule has 8 heteroatoms. The molecule has 1 aliphatic rings. The van der Waals surface area contributed by atoms with Crippen LogP contribution in [0.4, 0.5) is 0 Å². The van der Waals surface area contributed by atoms with Gasteiger partial charge in [-0.3, -0.25) is 14.7 Å². The van der Waals surface area contributed by atoms with E-state index in [-0.39, 0.29) is 11.1 Å². The number of hydrogen-bond donors (Lipinski definition) is 1. The first kappa shape index (κ1) is 16.0. The Hall–Kier alpha value is -2.51. The molecule has 25 heavy (non-hydrogen) atoms. The highest BCUT2D eigenvalue weighted by Gasteiger charge is 2.19. The number of nitrogens with one attached hydrogen (secondary N) is 1. The average molecular weight is 361 g/mol. The monoisotopic (exact) mass is 360 g/mol. The lowest BCUT2D eigenvalue weighted by molar-refractivity contribution is 0.110. The summed E-state index contributed by atoms with van der Waals surface area (Å²) in [5, 5.41) is 6.03. The summed E-state index contributed by atoms with van der Waals surface area (Å²) in [5.41, 5.74) is 1.44. The number of morpholine rings is 1. The molecular formula is C17H17ClN4O3. The van der Waals surface area contributed by atoms with Crippen LogP contribution >= 0.6 is 11.6 Å². The van der Waals surface area contributed by atoms with Crippen molar-refractivity contribution in [2.75, 3.05) is 31.3 Å². The summed E-state index contributed by atoms with van der Waals surface area (Å²) in [6.45, 7) is 4.14. The van der Waals surface area contributed by atoms with Crippen LogP contribution in [0.2, 0.25) is 5.02 Å². The molecule has 4 rings (SSSR count). The highest BCUT2D eigenvalue weighted by atomic mass is 35.5. The molecule has 1 aromatic carbocycles. The number of benzene rings is 1. The van der Waals surface area contributed by atoms with E-state index in [1.165, 1.54) is 10.7 Å². The maximum absolute atomic E-state index is 12.9. The molecule has 0 amide bonds. The molecule has 0 aliphatic carbocycles. The van der Waals surface area contributed by atoms with Gasteiger partial charge in [0.1, 0.15) is 0 Å². The van der Waals surface area contributed by atoms with Crippen molar-refractivity contribution in [2.45, 2.75) is 6.92 Å². The Morgan fingerprint density at radius 1 is 1.12 bits per heavy atom. The zero-order chi connectivity index (χ0) is 17.6. The van der Waals surface area contributed by atoms with Gasteiger partial charge in [-0.15, -0.1) is 0 Å². The fourth-order valence-electron chi connectivity index (χ4n) is 3.24. The molecule has 0 saturated carbocycles. The third kappa shape index (κ3) is 2.65. The lowest BCUT2D eigenvalue weighted by Crippen LogP contribution is -2.49. The molecule has 3 heterocycles. The SMILES string of the molecule is Cc1c2c(=O)n(-c3ccc(Cl)cc3)[nH]c2cc(=O)n1N1CCOCC1. The Kier molecular flexibility index (Phi) is 3.89. The van der Waals surface area contributed by atoms with Gasteiger partial charge in [0, 0.05) is 11.1 Å². The summed E-state index contributed by atoms with van der Waals surface area (Å²) >= 11 is 5.91. The van der Waals surface area contributed by atoms with Crippen molar-refractivity contribution in [3.05, 3.63) is 61.8 Å². The molecule has 0 spiro atoms. The molecule has 0 atom stereocenters. The summed E-state index contributed by atoms with van der Waals surface area (Å²) in [6.07, 6.45) is 0. The fraction of sp³-hybridized carbons (Fsp3) is 0.294. The van der Waals surface area contributed by atoms with E-state index in [2.05, 4.69) is 5.10 Å². The number of pyridine rings is 1. The first-order chi connectivity index (χ1) is 12.1. The van der Waals surface area contributed by atoms with Crippen molar-refractivity contribution in [1.82, 2.24) is 14.5 Å². The first-order valence-corrected chi connectivity index (χ1v) is 8.40. The van der Waals surface area contributed by atoms with E-state index in [1.807, 2.05) is 5.01 Å². The minimum Gasteiger partial charge on any atom is -0.378 e. The fourth-order valence-corrected chi connectivity index (χ4v) is 3.37. The van der Waals surface area contributed by atoms with Gasteiger partial charge in [-0.25, -0.2) is 9.36 Å². The van der Waals surface area contributed by atoms with E-state index in [0.717, 1.165) is 0 Å². The van der Waals surface area contributed by atoms with Crippen molar-refractivity contribution in [3.63, 3.8) is 0 Å². The first-order valence-electron chi connectivity index (χ1n) is 8.02. The minimum absolute atomic E-state index is 0.170. The minimum atomic E-state index is -0.197. The maximum atomic E-state index is 12.9. The molecule has 0 bridgehead atoms. The van der Waals surface area contributed by atoms with E-state index < -0.39 is 0 Å². The van der Waals surface area contributed by atoms with Crippen molar-refractivity contribution in [1.29, 1.82) is 0 Å². The molecule has 7 nitrogen and oxygen atoms in total. The van der Waals surface area contributed by atoms with E-state index >= 15 is 0 Å². The lowest BCUT2D eigenvalue weighted by atomic mass is 10.2. The van der Waals surface area contributed by atoms with Crippen molar-refractivity contribution in [3.8, 4) is 5.69 Å². The van der Waals surface area contributed by atoms with Crippen LogP contribution in [0.25, 0.3) is 16.6 Å². The Bertz CT molecular complexity index is 1040. The third-order valence-corrected chi connectivity index (χ3v) is 4.68. The van der Waals surface area contributed by atoms with E-state index in [4.69, 9.17) is 16.3 Å². The molecule has 1 fully saturated rings. The molecular weight excluding hydrogens is 344 g/mol. The number of aryl methyl sites for hydroxylation is 1. The van der Waals surface area contributed by atoms with Gasteiger partial charge in [0.25, 0.3) is 11.1 Å². The second-order valence-corrected chi connectivity index (χ2v) is 6.40. The molecule has 0 unspecified atom stereocenters. The average Bonchev–Trinajstić information content (AvgIpc) is 2.93. The molecule has 1 N–H and O–H groups in total. The summed E-state index contributed by atoms with van der Waals surface area (Å²) in [6, 6.07) is 8.40. The number of hydrogen-bond acceptors (Lipinski definition) is 4. The van der Waals surface area contributed by atoms with Crippen LogP contribution in [0.15, 0.2) is 39.9 Å². The Labute approximate surface area is 147 Å². The van der Waals surface area contributed by atoms with Gasteiger partial charge < -0.3 is 9.75 Å². The molecule has 2 aromatic heterocycles. The maximum Gasteiger partial charge on any atom is 0.280 e. The Balaban J connectivity index is 1.92. The second-order valence-electron chi connectivity index (χ2n) is 5.96. The van der Waals surface area contributed by atoms with E-state index in [9.17, 15) is 9.59 Å². The number of aromatic amines is 1. The van der Waals surface area contributed by atoms with Crippen molar-refractivity contribution in [2.24, 2.45) is 0 Å². The molecule has 0 radical (unpaired) electrons. The van der Waals surface area contributed by atoms with Gasteiger partial charge in [-0.05, 0) is 31.2 Å². The van der Waals surface area contributed by atoms with E-state index in [0.29, 0.717) is 53.6 Å². The van der Waals surface area contributed by atoms with Crippen LogP contribution in [0, 0.1) is 6.92 Å². The van der Waals surface area contributed by atoms with Crippen molar-refractivity contribution >= 4 is 22.5 Å². The number of ether oxygens (including phenoxy) is 1. The Morgan fingerprint density at radius 3 is 2.48 bits per heavy atom. The van der Waals surface area contributed by atoms with Crippen molar-refractivity contribution < 1.29 is 4.74 Å². The van der Waals surface area contributed by atoms with Crippen LogP contribution in [0.3, 0.4) is 0 Å². The standard InChI is InChI=1S/C17H17ClN4O3/c1-11-16-14(10-15(23)22(11)20-6-8-25-9-7-20)19-21(17(16)24)13-4-2-12(18)3-5-13/h2-5,10,19H,6-9H2,1H3. The smallest absolute Gasteiger partial charge is 0.280 e. The highest BCUT2D eigenvalue weighted by molar-refractivity contribution is 6.30. The van der Waals surface area contributed by atoms with Crippen LogP contribution in [-0.4, -0.2) is 40.8 Å². The van der Waals surface area contributed by atoms with Gasteiger partial charge >= 0.3 is 0 Å². The summed E-state index contributed by atoms with van der Waals surface area (Å²) in [5.74, 6) is 0. The zero-order valence-corrected chi connectivity index (χ0v) is 14.4. The molecule has 3 aromatic rings. The number of H-pyrrole nitrogens is 1. The van der Waals surface area contributed by atoms with Gasteiger partial charge in [-0.1, -0.05) is 11.6 Å². The summed E-state index contributed by atoms with van der Waals surface area (Å²) in [7, 11) is 0. The molecule has 130 valence electrons. The highest BCUT2D eigenvalue weighted by Crippen LogP contribution is 2.16. The second kappa shape index (κ2) is 6.09. The Morgan fingerprint density at radius 2 is 1.80 bits per heavy atom. The normalized spacial score (nSPS) is 15.0. The zero-order valence-electron chi connectivity index (χ0n) is 13.7. The van der Waals surface area contributed by atoms with Gasteiger partial charge in [0.15, 0.2) is 0 Å². The van der Waals surface area contributed by atoms with Crippen LogP contribution < -0.4 is 16.1 Å². The number of halogens is 1. The molecule has 1 aliphatic heterocycles. The number of fused-ring (bicyclic) bond motifs is 1. The largest absolute Gasteiger partial charge is 0.378 e.